The molecule has 0 amide bonds. The average Bonchev–Trinajstić information content (AvgIpc) is 2.98. The molecule has 1 atom stereocenters. The minimum absolute atomic E-state index is 0.750. The van der Waals surface area contributed by atoms with Crippen LogP contribution in [0.3, 0.4) is 0 Å². The van der Waals surface area contributed by atoms with Gasteiger partial charge in [-0.3, -0.25) is 0 Å². The van der Waals surface area contributed by atoms with E-state index >= 15 is 0 Å². The molecule has 2 heterocycles. The Morgan fingerprint density at radius 3 is 2.30 bits per heavy atom. The first kappa shape index (κ1) is 13.5. The van der Waals surface area contributed by atoms with Crippen LogP contribution in [0.5, 0.6) is 0 Å². The van der Waals surface area contributed by atoms with E-state index in [1.54, 1.807) is 0 Å². The zero-order valence-electron chi connectivity index (χ0n) is 12.3. The summed E-state index contributed by atoms with van der Waals surface area (Å²) in [4.78, 5) is 4.94. The van der Waals surface area contributed by atoms with Gasteiger partial charge < -0.3 is 9.80 Å². The Morgan fingerprint density at radius 1 is 1.00 bits per heavy atom. The first-order valence-electron chi connectivity index (χ1n) is 7.70. The molecular weight excluding hydrogens is 246 g/mol. The SMILES string of the molecule is CN1CCC([C@@H]2CCN(c3ccc(C#N)cc3)C2)CC1. The summed E-state index contributed by atoms with van der Waals surface area (Å²) in [5.41, 5.74) is 2.03. The molecule has 106 valence electrons. The Bertz CT molecular complexity index is 480. The summed E-state index contributed by atoms with van der Waals surface area (Å²) in [6.45, 7) is 4.89. The van der Waals surface area contributed by atoms with E-state index in [2.05, 4.69) is 35.0 Å². The first-order valence-corrected chi connectivity index (χ1v) is 7.70. The van der Waals surface area contributed by atoms with Gasteiger partial charge in [0.2, 0.25) is 0 Å². The van der Waals surface area contributed by atoms with Gasteiger partial charge in [-0.25, -0.2) is 0 Å². The summed E-state index contributed by atoms with van der Waals surface area (Å²) in [5.74, 6) is 1.77. The molecule has 0 radical (unpaired) electrons. The number of nitriles is 1. The van der Waals surface area contributed by atoms with Crippen LogP contribution in [-0.2, 0) is 0 Å². The lowest BCUT2D eigenvalue weighted by Crippen LogP contribution is -2.34. The molecule has 2 fully saturated rings. The van der Waals surface area contributed by atoms with Gasteiger partial charge >= 0.3 is 0 Å². The van der Waals surface area contributed by atoms with E-state index in [1.807, 2.05) is 12.1 Å². The Kier molecular flexibility index (Phi) is 3.93. The Balaban J connectivity index is 1.60. The standard InChI is InChI=1S/C17H23N3/c1-19-9-6-15(7-10-19)16-8-11-20(13-16)17-4-2-14(12-18)3-5-17/h2-5,15-16H,6-11,13H2,1H3/t16-/m1/s1. The predicted octanol–water partition coefficient (Wildman–Crippen LogP) is 2.73. The van der Waals surface area contributed by atoms with E-state index in [-0.39, 0.29) is 0 Å². The van der Waals surface area contributed by atoms with Gasteiger partial charge in [0.1, 0.15) is 0 Å². The lowest BCUT2D eigenvalue weighted by Gasteiger charge is -2.32. The molecule has 0 aromatic heterocycles. The highest BCUT2D eigenvalue weighted by Gasteiger charge is 2.31. The summed E-state index contributed by atoms with van der Waals surface area (Å²) in [7, 11) is 2.23. The Hall–Kier alpha value is -1.53. The van der Waals surface area contributed by atoms with Crippen LogP contribution in [0, 0.1) is 23.2 Å². The number of hydrogen-bond acceptors (Lipinski definition) is 3. The van der Waals surface area contributed by atoms with Crippen molar-refractivity contribution in [2.24, 2.45) is 11.8 Å². The quantitative estimate of drug-likeness (QED) is 0.827. The van der Waals surface area contributed by atoms with Crippen LogP contribution in [0.1, 0.15) is 24.8 Å². The molecule has 0 aliphatic carbocycles. The maximum atomic E-state index is 8.86. The van der Waals surface area contributed by atoms with E-state index in [0.29, 0.717) is 0 Å². The van der Waals surface area contributed by atoms with Crippen molar-refractivity contribution >= 4 is 5.69 Å². The second-order valence-electron chi connectivity index (χ2n) is 6.29. The zero-order valence-corrected chi connectivity index (χ0v) is 12.3. The smallest absolute Gasteiger partial charge is 0.0991 e. The lowest BCUT2D eigenvalue weighted by atomic mass is 9.84. The van der Waals surface area contributed by atoms with E-state index in [9.17, 15) is 0 Å². The molecule has 3 nitrogen and oxygen atoms in total. The van der Waals surface area contributed by atoms with E-state index in [1.165, 1.54) is 51.1 Å². The normalized spacial score (nSPS) is 24.8. The van der Waals surface area contributed by atoms with Crippen molar-refractivity contribution in [2.75, 3.05) is 38.1 Å². The van der Waals surface area contributed by atoms with Gasteiger partial charge in [0, 0.05) is 18.8 Å². The van der Waals surface area contributed by atoms with Crippen molar-refractivity contribution < 1.29 is 0 Å². The van der Waals surface area contributed by atoms with Crippen LogP contribution in [0.15, 0.2) is 24.3 Å². The topological polar surface area (TPSA) is 30.3 Å². The molecular formula is C17H23N3. The average molecular weight is 269 g/mol. The van der Waals surface area contributed by atoms with Gasteiger partial charge in [-0.05, 0) is 75.5 Å². The predicted molar refractivity (Wildman–Crippen MR) is 81.7 cm³/mol. The van der Waals surface area contributed by atoms with Crippen molar-refractivity contribution in [2.45, 2.75) is 19.3 Å². The Labute approximate surface area is 121 Å². The summed E-state index contributed by atoms with van der Waals surface area (Å²) in [6.07, 6.45) is 4.05. The largest absolute Gasteiger partial charge is 0.371 e. The van der Waals surface area contributed by atoms with Crippen molar-refractivity contribution in [3.63, 3.8) is 0 Å². The van der Waals surface area contributed by atoms with Crippen LogP contribution in [0.25, 0.3) is 0 Å². The maximum Gasteiger partial charge on any atom is 0.0991 e. The fourth-order valence-corrected chi connectivity index (χ4v) is 3.65. The maximum absolute atomic E-state index is 8.86. The highest BCUT2D eigenvalue weighted by Crippen LogP contribution is 2.33. The van der Waals surface area contributed by atoms with Gasteiger partial charge in [-0.15, -0.1) is 0 Å². The van der Waals surface area contributed by atoms with Gasteiger partial charge in [-0.1, -0.05) is 0 Å². The van der Waals surface area contributed by atoms with Gasteiger partial charge in [-0.2, -0.15) is 5.26 Å². The summed E-state index contributed by atoms with van der Waals surface area (Å²) in [6, 6.07) is 10.2. The van der Waals surface area contributed by atoms with Crippen molar-refractivity contribution in [1.82, 2.24) is 4.90 Å². The highest BCUT2D eigenvalue weighted by molar-refractivity contribution is 5.50. The van der Waals surface area contributed by atoms with Crippen LogP contribution >= 0.6 is 0 Å². The third kappa shape index (κ3) is 2.81. The molecule has 1 aromatic carbocycles. The number of anilines is 1. The molecule has 0 unspecified atom stereocenters. The number of rotatable bonds is 2. The molecule has 2 saturated heterocycles. The number of hydrogen-bond donors (Lipinski definition) is 0. The first-order chi connectivity index (χ1) is 9.76. The summed E-state index contributed by atoms with van der Waals surface area (Å²) < 4.78 is 0. The molecule has 2 aliphatic rings. The van der Waals surface area contributed by atoms with Crippen molar-refractivity contribution in [1.29, 1.82) is 5.26 Å². The molecule has 0 spiro atoms. The molecule has 0 N–H and O–H groups in total. The van der Waals surface area contributed by atoms with Crippen LogP contribution in [0.4, 0.5) is 5.69 Å². The number of nitrogens with zero attached hydrogens (tertiary/aromatic N) is 3. The van der Waals surface area contributed by atoms with Gasteiger partial charge in [0.15, 0.2) is 0 Å². The minimum atomic E-state index is 0.750. The van der Waals surface area contributed by atoms with Gasteiger partial charge in [0.05, 0.1) is 11.6 Å². The number of benzene rings is 1. The molecule has 2 aliphatic heterocycles. The van der Waals surface area contributed by atoms with Crippen molar-refractivity contribution in [3.05, 3.63) is 29.8 Å². The monoisotopic (exact) mass is 269 g/mol. The fraction of sp³-hybridized carbons (Fsp3) is 0.588. The molecule has 3 heteroatoms. The van der Waals surface area contributed by atoms with Crippen molar-refractivity contribution in [3.8, 4) is 6.07 Å². The van der Waals surface area contributed by atoms with Crippen LogP contribution < -0.4 is 4.90 Å². The van der Waals surface area contributed by atoms with Crippen LogP contribution in [0.2, 0.25) is 0 Å². The Morgan fingerprint density at radius 2 is 1.65 bits per heavy atom. The van der Waals surface area contributed by atoms with Gasteiger partial charge in [0.25, 0.3) is 0 Å². The second-order valence-corrected chi connectivity index (χ2v) is 6.29. The number of likely N-dealkylation sites (tertiary alicyclic amines) is 1. The lowest BCUT2D eigenvalue weighted by molar-refractivity contribution is 0.178. The minimum Gasteiger partial charge on any atom is -0.371 e. The molecule has 1 aromatic rings. The fourth-order valence-electron chi connectivity index (χ4n) is 3.65. The van der Waals surface area contributed by atoms with E-state index in [0.717, 1.165) is 17.4 Å². The molecule has 20 heavy (non-hydrogen) atoms. The zero-order chi connectivity index (χ0) is 13.9. The third-order valence-corrected chi connectivity index (χ3v) is 5.02. The summed E-state index contributed by atoms with van der Waals surface area (Å²) >= 11 is 0. The highest BCUT2D eigenvalue weighted by atomic mass is 15.2. The molecule has 0 saturated carbocycles. The van der Waals surface area contributed by atoms with E-state index in [4.69, 9.17) is 5.26 Å². The third-order valence-electron chi connectivity index (χ3n) is 5.02. The number of piperidine rings is 1. The summed E-state index contributed by atoms with van der Waals surface area (Å²) in [5, 5.41) is 8.86. The van der Waals surface area contributed by atoms with E-state index < -0.39 is 0 Å². The second kappa shape index (κ2) is 5.85. The van der Waals surface area contributed by atoms with Crippen LogP contribution in [-0.4, -0.2) is 38.1 Å². The molecule has 0 bridgehead atoms. The molecule has 3 rings (SSSR count).